The summed E-state index contributed by atoms with van der Waals surface area (Å²) in [4.78, 5) is 0. The second-order valence-electron chi connectivity index (χ2n) is 9.19. The highest BCUT2D eigenvalue weighted by Gasteiger charge is 2.58. The smallest absolute Gasteiger partial charge is 0.0724 e. The van der Waals surface area contributed by atoms with Crippen LogP contribution >= 0.6 is 0 Å². The molecule has 0 unspecified atom stereocenters. The minimum atomic E-state index is -0.258. The fraction of sp³-hybridized carbons (Fsp3) is 0.810. The van der Waals surface area contributed by atoms with Gasteiger partial charge in [0.15, 0.2) is 0 Å². The number of rotatable bonds is 2. The molecule has 0 aromatic carbocycles. The maximum Gasteiger partial charge on any atom is 0.0724 e. The van der Waals surface area contributed by atoms with Gasteiger partial charge >= 0.3 is 0 Å². The van der Waals surface area contributed by atoms with Crippen molar-refractivity contribution in [3.63, 3.8) is 0 Å². The molecule has 4 aliphatic carbocycles. The van der Waals surface area contributed by atoms with E-state index in [9.17, 15) is 5.11 Å². The summed E-state index contributed by atoms with van der Waals surface area (Å²) in [6.45, 7) is 4.94. The standard InChI is InChI=1S/C21H34N2O/c1-20-9-7-14(24)11-13(20)12-17(22-3)19-15-5-6-18(23-4)21(15,2)10-8-16(19)20/h7-9,13-15,17-19,22-24H,5-6,10-12H2,1-4H3/t13-,14-,15-,17-,18-,19-,20-,21-/m0/s1. The highest BCUT2D eigenvalue weighted by Crippen LogP contribution is 2.62. The summed E-state index contributed by atoms with van der Waals surface area (Å²) >= 11 is 0. The molecule has 0 radical (unpaired) electrons. The summed E-state index contributed by atoms with van der Waals surface area (Å²) < 4.78 is 0. The molecule has 0 amide bonds. The normalized spacial score (nSPS) is 53.1. The molecular formula is C21H34N2O. The van der Waals surface area contributed by atoms with Crippen LogP contribution in [-0.4, -0.2) is 37.4 Å². The third-order valence-corrected chi connectivity index (χ3v) is 8.32. The van der Waals surface area contributed by atoms with Crippen LogP contribution in [-0.2, 0) is 0 Å². The number of nitrogens with one attached hydrogen (secondary N) is 2. The molecule has 8 atom stereocenters. The molecule has 3 nitrogen and oxygen atoms in total. The second-order valence-corrected chi connectivity index (χ2v) is 9.19. The molecule has 3 heteroatoms. The van der Waals surface area contributed by atoms with Crippen LogP contribution in [0.2, 0.25) is 0 Å². The zero-order valence-corrected chi connectivity index (χ0v) is 15.7. The predicted octanol–water partition coefficient (Wildman–Crippen LogP) is 2.87. The summed E-state index contributed by atoms with van der Waals surface area (Å²) in [7, 11) is 4.27. The molecule has 4 aliphatic rings. The lowest BCUT2D eigenvalue weighted by Crippen LogP contribution is -2.56. The maximum atomic E-state index is 10.1. The second kappa shape index (κ2) is 5.69. The fourth-order valence-electron chi connectivity index (χ4n) is 6.87. The number of aliphatic hydroxyl groups excluding tert-OH is 1. The minimum absolute atomic E-state index is 0.149. The van der Waals surface area contributed by atoms with Crippen LogP contribution in [0.15, 0.2) is 23.8 Å². The Morgan fingerprint density at radius 1 is 1.12 bits per heavy atom. The van der Waals surface area contributed by atoms with Crippen LogP contribution in [0.5, 0.6) is 0 Å². The van der Waals surface area contributed by atoms with Crippen LogP contribution in [0.3, 0.4) is 0 Å². The predicted molar refractivity (Wildman–Crippen MR) is 98.7 cm³/mol. The number of hydrogen-bond acceptors (Lipinski definition) is 3. The van der Waals surface area contributed by atoms with Crippen molar-refractivity contribution < 1.29 is 5.11 Å². The highest BCUT2D eigenvalue weighted by molar-refractivity contribution is 5.36. The first-order valence-corrected chi connectivity index (χ1v) is 9.86. The van der Waals surface area contributed by atoms with Gasteiger partial charge in [-0.15, -0.1) is 0 Å². The van der Waals surface area contributed by atoms with Gasteiger partial charge in [0.1, 0.15) is 0 Å². The summed E-state index contributed by atoms with van der Waals surface area (Å²) in [5.74, 6) is 1.97. The van der Waals surface area contributed by atoms with Crippen LogP contribution in [0.4, 0.5) is 0 Å². The zero-order chi connectivity index (χ0) is 17.1. The van der Waals surface area contributed by atoms with Gasteiger partial charge < -0.3 is 15.7 Å². The van der Waals surface area contributed by atoms with Gasteiger partial charge in [-0.3, -0.25) is 0 Å². The average molecular weight is 331 g/mol. The molecule has 24 heavy (non-hydrogen) atoms. The Morgan fingerprint density at radius 3 is 2.62 bits per heavy atom. The van der Waals surface area contributed by atoms with Crippen molar-refractivity contribution in [1.82, 2.24) is 10.6 Å². The molecule has 0 heterocycles. The van der Waals surface area contributed by atoms with Crippen molar-refractivity contribution in [2.75, 3.05) is 14.1 Å². The lowest BCUT2D eigenvalue weighted by atomic mass is 9.49. The molecule has 0 aromatic heterocycles. The van der Waals surface area contributed by atoms with Gasteiger partial charge in [-0.05, 0) is 69.4 Å². The number of hydrogen-bond donors (Lipinski definition) is 3. The van der Waals surface area contributed by atoms with Gasteiger partial charge in [-0.1, -0.05) is 37.6 Å². The third kappa shape index (κ3) is 2.14. The van der Waals surface area contributed by atoms with Crippen LogP contribution in [0.1, 0.15) is 46.0 Å². The van der Waals surface area contributed by atoms with Gasteiger partial charge in [-0.25, -0.2) is 0 Å². The molecule has 0 aliphatic heterocycles. The van der Waals surface area contributed by atoms with Crippen molar-refractivity contribution in [3.8, 4) is 0 Å². The van der Waals surface area contributed by atoms with E-state index in [4.69, 9.17) is 0 Å². The first kappa shape index (κ1) is 16.8. The van der Waals surface area contributed by atoms with E-state index in [1.54, 1.807) is 5.57 Å². The van der Waals surface area contributed by atoms with Crippen LogP contribution < -0.4 is 10.6 Å². The highest BCUT2D eigenvalue weighted by atomic mass is 16.3. The Hall–Kier alpha value is -0.640. The Balaban J connectivity index is 1.78. The first-order chi connectivity index (χ1) is 11.4. The first-order valence-electron chi connectivity index (χ1n) is 9.86. The Bertz CT molecular complexity index is 570. The lowest BCUT2D eigenvalue weighted by Gasteiger charge is -2.57. The molecule has 3 N–H and O–H groups in total. The number of aliphatic hydroxyl groups is 1. The molecule has 0 saturated heterocycles. The summed E-state index contributed by atoms with van der Waals surface area (Å²) in [5.41, 5.74) is 2.20. The Labute approximate surface area is 147 Å². The topological polar surface area (TPSA) is 44.3 Å². The van der Waals surface area contributed by atoms with E-state index in [0.29, 0.717) is 29.3 Å². The van der Waals surface area contributed by atoms with Crippen molar-refractivity contribution in [2.45, 2.75) is 64.1 Å². The van der Waals surface area contributed by atoms with Crippen molar-refractivity contribution in [1.29, 1.82) is 0 Å². The third-order valence-electron chi connectivity index (χ3n) is 8.32. The van der Waals surface area contributed by atoms with Crippen molar-refractivity contribution >= 4 is 0 Å². The quantitative estimate of drug-likeness (QED) is 0.682. The maximum absolute atomic E-state index is 10.1. The van der Waals surface area contributed by atoms with Crippen molar-refractivity contribution in [2.24, 2.45) is 28.6 Å². The van der Waals surface area contributed by atoms with E-state index in [0.717, 1.165) is 12.3 Å². The number of fused-ring (bicyclic) bond motifs is 5. The van der Waals surface area contributed by atoms with E-state index in [1.165, 1.54) is 25.7 Å². The summed E-state index contributed by atoms with van der Waals surface area (Å²) in [5, 5.41) is 17.4. The minimum Gasteiger partial charge on any atom is -0.389 e. The van der Waals surface area contributed by atoms with Gasteiger partial charge in [0.25, 0.3) is 0 Å². The Morgan fingerprint density at radius 2 is 1.92 bits per heavy atom. The van der Waals surface area contributed by atoms with Gasteiger partial charge in [-0.2, -0.15) is 0 Å². The van der Waals surface area contributed by atoms with Gasteiger partial charge in [0.05, 0.1) is 6.10 Å². The molecule has 2 saturated carbocycles. The average Bonchev–Trinajstić information content (AvgIpc) is 2.91. The molecule has 4 rings (SSSR count). The van der Waals surface area contributed by atoms with E-state index in [2.05, 4.69) is 50.7 Å². The Kier molecular flexibility index (Phi) is 3.98. The van der Waals surface area contributed by atoms with E-state index < -0.39 is 0 Å². The van der Waals surface area contributed by atoms with E-state index >= 15 is 0 Å². The summed E-state index contributed by atoms with van der Waals surface area (Å²) in [6, 6.07) is 1.19. The van der Waals surface area contributed by atoms with Crippen molar-refractivity contribution in [3.05, 3.63) is 23.8 Å². The summed E-state index contributed by atoms with van der Waals surface area (Å²) in [6.07, 6.45) is 12.7. The largest absolute Gasteiger partial charge is 0.389 e. The van der Waals surface area contributed by atoms with Crippen LogP contribution in [0, 0.1) is 28.6 Å². The van der Waals surface area contributed by atoms with Crippen LogP contribution in [0.25, 0.3) is 0 Å². The van der Waals surface area contributed by atoms with E-state index in [1.807, 2.05) is 6.08 Å². The number of allylic oxidation sites excluding steroid dienone is 2. The SMILES string of the molecule is CN[C@H]1C[C@@H]2C[C@@H](O)C=C[C@]2(C)C2=CC[C@]3(C)[C@@H](NC)CC[C@H]3[C@@H]21. The molecule has 0 spiro atoms. The molecular weight excluding hydrogens is 296 g/mol. The molecule has 0 bridgehead atoms. The van der Waals surface area contributed by atoms with Gasteiger partial charge in [0.2, 0.25) is 0 Å². The molecule has 2 fully saturated rings. The lowest BCUT2D eigenvalue weighted by molar-refractivity contribution is 0.0328. The zero-order valence-electron chi connectivity index (χ0n) is 15.7. The van der Waals surface area contributed by atoms with E-state index in [-0.39, 0.29) is 11.5 Å². The molecule has 134 valence electrons. The monoisotopic (exact) mass is 330 g/mol. The fourth-order valence-corrected chi connectivity index (χ4v) is 6.87. The van der Waals surface area contributed by atoms with Gasteiger partial charge in [0, 0.05) is 17.5 Å². The molecule has 0 aromatic rings.